The average Bonchev–Trinajstić information content (AvgIpc) is 2.91. The number of rotatable bonds is 7. The van der Waals surface area contributed by atoms with Gasteiger partial charge in [0.05, 0.1) is 5.69 Å². The van der Waals surface area contributed by atoms with Gasteiger partial charge in [-0.2, -0.15) is 0 Å². The van der Waals surface area contributed by atoms with Crippen molar-refractivity contribution in [1.29, 1.82) is 0 Å². The highest BCUT2D eigenvalue weighted by Crippen LogP contribution is 2.22. The summed E-state index contributed by atoms with van der Waals surface area (Å²) in [4.78, 5) is 29.2. The quantitative estimate of drug-likeness (QED) is 0.766. The Balaban J connectivity index is 1.69. The molecule has 0 saturated heterocycles. The molecule has 2 aromatic rings. The van der Waals surface area contributed by atoms with E-state index in [1.807, 2.05) is 32.0 Å². The van der Waals surface area contributed by atoms with Crippen LogP contribution in [0.25, 0.3) is 0 Å². The lowest BCUT2D eigenvalue weighted by Crippen LogP contribution is -2.25. The van der Waals surface area contributed by atoms with Crippen molar-refractivity contribution in [3.63, 3.8) is 0 Å². The molecule has 0 spiro atoms. The van der Waals surface area contributed by atoms with Crippen molar-refractivity contribution in [2.75, 3.05) is 11.9 Å². The number of aromatic nitrogens is 1. The minimum absolute atomic E-state index is 0.0737. The second-order valence-electron chi connectivity index (χ2n) is 5.15. The molecular weight excluding hydrogens is 310 g/mol. The van der Waals surface area contributed by atoms with Crippen LogP contribution in [0.1, 0.15) is 40.7 Å². The first-order valence-corrected chi connectivity index (χ1v) is 8.51. The third-order valence-electron chi connectivity index (χ3n) is 3.38. The first-order chi connectivity index (χ1) is 11.1. The fourth-order valence-corrected chi connectivity index (χ4v) is 3.05. The molecule has 1 aromatic carbocycles. The average molecular weight is 331 g/mol. The largest absolute Gasteiger partial charge is 0.352 e. The molecule has 5 nitrogen and oxygen atoms in total. The third kappa shape index (κ3) is 5.17. The molecule has 0 radical (unpaired) electrons. The summed E-state index contributed by atoms with van der Waals surface area (Å²) < 4.78 is 0. The fourth-order valence-electron chi connectivity index (χ4n) is 2.13. The smallest absolute Gasteiger partial charge is 0.251 e. The zero-order chi connectivity index (χ0) is 16.7. The van der Waals surface area contributed by atoms with E-state index < -0.39 is 0 Å². The number of hydrogen-bond donors (Lipinski definition) is 2. The highest BCUT2D eigenvalue weighted by Gasteiger charge is 2.09. The van der Waals surface area contributed by atoms with Crippen LogP contribution in [0, 0.1) is 6.92 Å². The van der Waals surface area contributed by atoms with Gasteiger partial charge in [-0.15, -0.1) is 11.3 Å². The Kier molecular flexibility index (Phi) is 6.29. The molecule has 0 unspecified atom stereocenters. The summed E-state index contributed by atoms with van der Waals surface area (Å²) in [5.41, 5.74) is 1.66. The van der Waals surface area contributed by atoms with E-state index in [1.165, 1.54) is 11.3 Å². The van der Waals surface area contributed by atoms with E-state index in [9.17, 15) is 9.59 Å². The van der Waals surface area contributed by atoms with Crippen LogP contribution in [0.4, 0.5) is 5.13 Å². The Morgan fingerprint density at radius 2 is 1.96 bits per heavy atom. The number of hydrogen-bond acceptors (Lipinski definition) is 4. The zero-order valence-electron chi connectivity index (χ0n) is 13.4. The first-order valence-electron chi connectivity index (χ1n) is 7.69. The summed E-state index contributed by atoms with van der Waals surface area (Å²) in [6.07, 6.45) is 1.81. The minimum atomic E-state index is -0.117. The molecule has 0 aliphatic heterocycles. The van der Waals surface area contributed by atoms with Crippen LogP contribution in [-0.4, -0.2) is 23.3 Å². The van der Waals surface area contributed by atoms with Gasteiger partial charge < -0.3 is 10.6 Å². The molecule has 0 atom stereocenters. The lowest BCUT2D eigenvalue weighted by Gasteiger charge is -2.05. The molecule has 0 fully saturated rings. The van der Waals surface area contributed by atoms with Crippen LogP contribution >= 0.6 is 11.3 Å². The summed E-state index contributed by atoms with van der Waals surface area (Å²) in [7, 11) is 0. The van der Waals surface area contributed by atoms with Crippen molar-refractivity contribution in [1.82, 2.24) is 10.3 Å². The first kappa shape index (κ1) is 17.1. The number of amides is 2. The number of carbonyl (C=O) groups excluding carboxylic acids is 2. The number of nitrogens with one attached hydrogen (secondary N) is 2. The molecule has 1 aromatic heterocycles. The van der Waals surface area contributed by atoms with Crippen molar-refractivity contribution in [2.45, 2.75) is 33.1 Å². The lowest BCUT2D eigenvalue weighted by molar-refractivity contribution is -0.116. The molecule has 2 rings (SSSR count). The highest BCUT2D eigenvalue weighted by molar-refractivity contribution is 7.15. The summed E-state index contributed by atoms with van der Waals surface area (Å²) >= 11 is 1.50. The molecule has 6 heteroatoms. The van der Waals surface area contributed by atoms with Gasteiger partial charge in [0.25, 0.3) is 5.91 Å². The van der Waals surface area contributed by atoms with E-state index in [0.29, 0.717) is 30.1 Å². The summed E-state index contributed by atoms with van der Waals surface area (Å²) in [5.74, 6) is -0.190. The van der Waals surface area contributed by atoms with E-state index in [2.05, 4.69) is 15.6 Å². The summed E-state index contributed by atoms with van der Waals surface area (Å²) in [6, 6.07) is 9.04. The monoisotopic (exact) mass is 331 g/mol. The minimum Gasteiger partial charge on any atom is -0.352 e. The number of aryl methyl sites for hydroxylation is 2. The van der Waals surface area contributed by atoms with Gasteiger partial charge in [0.2, 0.25) is 5.91 Å². The molecule has 2 amide bonds. The van der Waals surface area contributed by atoms with Crippen molar-refractivity contribution in [2.24, 2.45) is 0 Å². The van der Waals surface area contributed by atoms with Gasteiger partial charge in [-0.25, -0.2) is 4.98 Å². The molecule has 2 N–H and O–H groups in total. The molecule has 0 aliphatic rings. The van der Waals surface area contributed by atoms with Gasteiger partial charge in [0.1, 0.15) is 0 Å². The van der Waals surface area contributed by atoms with E-state index in [1.54, 1.807) is 12.1 Å². The number of anilines is 1. The maximum Gasteiger partial charge on any atom is 0.251 e. The van der Waals surface area contributed by atoms with Crippen molar-refractivity contribution in [3.8, 4) is 0 Å². The van der Waals surface area contributed by atoms with Gasteiger partial charge in [-0.1, -0.05) is 25.1 Å². The topological polar surface area (TPSA) is 71.1 Å². The normalized spacial score (nSPS) is 10.3. The van der Waals surface area contributed by atoms with Crippen LogP contribution in [-0.2, 0) is 11.2 Å². The molecule has 0 aliphatic carbocycles. The van der Waals surface area contributed by atoms with E-state index in [0.717, 1.165) is 17.0 Å². The molecule has 0 saturated carbocycles. The SMILES string of the molecule is CCc1nc(NC(=O)CCCNC(=O)c2ccccc2)sc1C. The second-order valence-corrected chi connectivity index (χ2v) is 6.35. The predicted octanol–water partition coefficient (Wildman–Crippen LogP) is 3.16. The zero-order valence-corrected chi connectivity index (χ0v) is 14.2. The molecule has 0 bridgehead atoms. The molecule has 23 heavy (non-hydrogen) atoms. The highest BCUT2D eigenvalue weighted by atomic mass is 32.1. The van der Waals surface area contributed by atoms with Crippen molar-refractivity contribution in [3.05, 3.63) is 46.5 Å². The van der Waals surface area contributed by atoms with Gasteiger partial charge in [0, 0.05) is 23.4 Å². The predicted molar refractivity (Wildman–Crippen MR) is 92.9 cm³/mol. The summed E-state index contributed by atoms with van der Waals surface area (Å²) in [5, 5.41) is 6.27. The van der Waals surface area contributed by atoms with Crippen LogP contribution in [0.5, 0.6) is 0 Å². The maximum atomic E-state index is 11.9. The molecule has 122 valence electrons. The van der Waals surface area contributed by atoms with E-state index in [4.69, 9.17) is 0 Å². The Morgan fingerprint density at radius 1 is 1.22 bits per heavy atom. The second kappa shape index (κ2) is 8.43. The van der Waals surface area contributed by atoms with Gasteiger partial charge in [0.15, 0.2) is 5.13 Å². The van der Waals surface area contributed by atoms with Gasteiger partial charge >= 0.3 is 0 Å². The van der Waals surface area contributed by atoms with Crippen molar-refractivity contribution < 1.29 is 9.59 Å². The van der Waals surface area contributed by atoms with E-state index >= 15 is 0 Å². The Hall–Kier alpha value is -2.21. The maximum absolute atomic E-state index is 11.9. The van der Waals surface area contributed by atoms with E-state index in [-0.39, 0.29) is 11.8 Å². The third-order valence-corrected chi connectivity index (χ3v) is 4.30. The van der Waals surface area contributed by atoms with Crippen LogP contribution < -0.4 is 10.6 Å². The van der Waals surface area contributed by atoms with Crippen LogP contribution in [0.2, 0.25) is 0 Å². The number of carbonyl (C=O) groups is 2. The number of nitrogens with zero attached hydrogens (tertiary/aromatic N) is 1. The van der Waals surface area contributed by atoms with Gasteiger partial charge in [-0.3, -0.25) is 9.59 Å². The molecule has 1 heterocycles. The Labute approximate surface area is 140 Å². The Morgan fingerprint density at radius 3 is 2.61 bits per heavy atom. The summed E-state index contributed by atoms with van der Waals surface area (Å²) in [6.45, 7) is 4.52. The lowest BCUT2D eigenvalue weighted by atomic mass is 10.2. The van der Waals surface area contributed by atoms with Crippen LogP contribution in [0.15, 0.2) is 30.3 Å². The fraction of sp³-hybridized carbons (Fsp3) is 0.353. The Bertz CT molecular complexity index is 668. The van der Waals surface area contributed by atoms with Crippen molar-refractivity contribution >= 4 is 28.3 Å². The number of thiazole rings is 1. The number of benzene rings is 1. The van der Waals surface area contributed by atoms with Gasteiger partial charge in [-0.05, 0) is 31.9 Å². The molecular formula is C17H21N3O2S. The standard InChI is InChI=1S/C17H21N3O2S/c1-3-14-12(2)23-17(19-14)20-15(21)10-7-11-18-16(22)13-8-5-4-6-9-13/h4-6,8-9H,3,7,10-11H2,1-2H3,(H,18,22)(H,19,20,21). The van der Waals surface area contributed by atoms with Crippen LogP contribution in [0.3, 0.4) is 0 Å².